The van der Waals surface area contributed by atoms with Crippen LogP contribution in [0.1, 0.15) is 17.3 Å². The molecule has 0 aliphatic carbocycles. The number of hydrogen-bond donors (Lipinski definition) is 0. The van der Waals surface area contributed by atoms with Gasteiger partial charge in [0, 0.05) is 26.2 Å². The maximum Gasteiger partial charge on any atom is 0.179 e. The highest BCUT2D eigenvalue weighted by molar-refractivity contribution is 7.20. The summed E-state index contributed by atoms with van der Waals surface area (Å²) in [6, 6.07) is 1.67. The number of likely N-dealkylation sites (N-methyl/N-ethyl adjacent to an activating group) is 1. The van der Waals surface area contributed by atoms with Crippen molar-refractivity contribution < 1.29 is 4.79 Å². The van der Waals surface area contributed by atoms with Gasteiger partial charge >= 0.3 is 0 Å². The Kier molecular flexibility index (Phi) is 5.04. The summed E-state index contributed by atoms with van der Waals surface area (Å²) >= 11 is 13.1. The molecule has 18 heavy (non-hydrogen) atoms. The van der Waals surface area contributed by atoms with E-state index in [0.29, 0.717) is 20.8 Å². The Hall–Kier alpha value is -0.130. The van der Waals surface area contributed by atoms with Crippen molar-refractivity contribution in [1.29, 1.82) is 0 Å². The lowest BCUT2D eigenvalue weighted by Crippen LogP contribution is -2.47. The molecule has 1 aromatic heterocycles. The fourth-order valence-electron chi connectivity index (χ4n) is 2.08. The van der Waals surface area contributed by atoms with Crippen LogP contribution in [0.25, 0.3) is 0 Å². The molecule has 1 saturated heterocycles. The van der Waals surface area contributed by atoms with Crippen LogP contribution < -0.4 is 0 Å². The molecule has 0 radical (unpaired) electrons. The van der Waals surface area contributed by atoms with Gasteiger partial charge in [0.05, 0.1) is 16.4 Å². The molecule has 1 fully saturated rings. The summed E-state index contributed by atoms with van der Waals surface area (Å²) in [5.74, 6) is 0.0631. The number of Topliss-reactive ketones (excluding diaryl/α,β-unsaturated/α-hetero) is 1. The van der Waals surface area contributed by atoms with Crippen LogP contribution in [-0.2, 0) is 0 Å². The highest BCUT2D eigenvalue weighted by Gasteiger charge is 2.20. The second-order valence-corrected chi connectivity index (χ2v) is 6.66. The fourth-order valence-corrected chi connectivity index (χ4v) is 3.58. The quantitative estimate of drug-likeness (QED) is 0.799. The SMILES string of the molecule is CCN1CCN(CC(=O)c2cc(Cl)sc2Cl)CC1. The number of halogens is 2. The standard InChI is InChI=1S/C12H16Cl2N2OS/c1-2-15-3-5-16(6-4-15)8-10(17)9-7-11(13)18-12(9)14/h7H,2-6,8H2,1H3. The number of hydrogen-bond acceptors (Lipinski definition) is 4. The number of thiophene rings is 1. The van der Waals surface area contributed by atoms with Crippen LogP contribution >= 0.6 is 34.5 Å². The van der Waals surface area contributed by atoms with Crippen molar-refractivity contribution in [2.45, 2.75) is 6.92 Å². The van der Waals surface area contributed by atoms with Gasteiger partial charge < -0.3 is 4.90 Å². The van der Waals surface area contributed by atoms with Crippen LogP contribution in [0, 0.1) is 0 Å². The van der Waals surface area contributed by atoms with Crippen molar-refractivity contribution in [1.82, 2.24) is 9.80 Å². The molecule has 0 aromatic carbocycles. The van der Waals surface area contributed by atoms with E-state index in [1.807, 2.05) is 0 Å². The van der Waals surface area contributed by atoms with E-state index in [4.69, 9.17) is 23.2 Å². The minimum atomic E-state index is 0.0631. The highest BCUT2D eigenvalue weighted by atomic mass is 35.5. The average Bonchev–Trinajstić information content (AvgIpc) is 2.69. The maximum atomic E-state index is 12.1. The second kappa shape index (κ2) is 6.35. The maximum absolute atomic E-state index is 12.1. The molecular formula is C12H16Cl2N2OS. The minimum absolute atomic E-state index is 0.0631. The van der Waals surface area contributed by atoms with Gasteiger partial charge in [-0.25, -0.2) is 0 Å². The second-order valence-electron chi connectivity index (χ2n) is 4.37. The lowest BCUT2D eigenvalue weighted by molar-refractivity contribution is 0.0859. The topological polar surface area (TPSA) is 23.6 Å². The Labute approximate surface area is 121 Å². The number of ketones is 1. The Bertz CT molecular complexity index is 428. The number of piperazine rings is 1. The first-order valence-electron chi connectivity index (χ1n) is 6.03. The van der Waals surface area contributed by atoms with Crippen molar-refractivity contribution in [3.8, 4) is 0 Å². The van der Waals surface area contributed by atoms with Crippen LogP contribution in [-0.4, -0.2) is 54.9 Å². The molecule has 1 aliphatic rings. The molecule has 6 heteroatoms. The van der Waals surface area contributed by atoms with E-state index in [2.05, 4.69) is 16.7 Å². The van der Waals surface area contributed by atoms with Gasteiger partial charge in [0.15, 0.2) is 5.78 Å². The third kappa shape index (κ3) is 3.45. The zero-order valence-electron chi connectivity index (χ0n) is 10.3. The minimum Gasteiger partial charge on any atom is -0.301 e. The van der Waals surface area contributed by atoms with Crippen LogP contribution in [0.5, 0.6) is 0 Å². The summed E-state index contributed by atoms with van der Waals surface area (Å²) in [6.07, 6.45) is 0. The molecule has 0 bridgehead atoms. The van der Waals surface area contributed by atoms with Crippen LogP contribution in [0.15, 0.2) is 6.07 Å². The number of carbonyl (C=O) groups excluding carboxylic acids is 1. The lowest BCUT2D eigenvalue weighted by Gasteiger charge is -2.33. The largest absolute Gasteiger partial charge is 0.301 e. The van der Waals surface area contributed by atoms with Gasteiger partial charge in [0.2, 0.25) is 0 Å². The van der Waals surface area contributed by atoms with E-state index in [0.717, 1.165) is 32.7 Å². The smallest absolute Gasteiger partial charge is 0.179 e. The van der Waals surface area contributed by atoms with Crippen LogP contribution in [0.4, 0.5) is 0 Å². The van der Waals surface area contributed by atoms with E-state index in [9.17, 15) is 4.79 Å². The van der Waals surface area contributed by atoms with Gasteiger partial charge in [-0.15, -0.1) is 11.3 Å². The molecule has 0 spiro atoms. The molecule has 2 rings (SSSR count). The Morgan fingerprint density at radius 2 is 1.89 bits per heavy atom. The summed E-state index contributed by atoms with van der Waals surface area (Å²) in [5.41, 5.74) is 0.560. The zero-order chi connectivity index (χ0) is 13.1. The van der Waals surface area contributed by atoms with Crippen LogP contribution in [0.3, 0.4) is 0 Å². The predicted molar refractivity (Wildman–Crippen MR) is 77.2 cm³/mol. The van der Waals surface area contributed by atoms with Crippen molar-refractivity contribution in [2.75, 3.05) is 39.3 Å². The Balaban J connectivity index is 1.90. The van der Waals surface area contributed by atoms with Crippen molar-refractivity contribution in [3.05, 3.63) is 20.3 Å². The molecule has 3 nitrogen and oxygen atoms in total. The van der Waals surface area contributed by atoms with E-state index in [1.54, 1.807) is 6.07 Å². The highest BCUT2D eigenvalue weighted by Crippen LogP contribution is 2.31. The summed E-state index contributed by atoms with van der Waals surface area (Å²) in [7, 11) is 0. The van der Waals surface area contributed by atoms with E-state index in [-0.39, 0.29) is 5.78 Å². The average molecular weight is 307 g/mol. The molecule has 1 aliphatic heterocycles. The molecular weight excluding hydrogens is 291 g/mol. The molecule has 1 aromatic rings. The van der Waals surface area contributed by atoms with Gasteiger partial charge in [0.1, 0.15) is 4.34 Å². The molecule has 0 unspecified atom stereocenters. The molecule has 2 heterocycles. The van der Waals surface area contributed by atoms with Gasteiger partial charge in [-0.1, -0.05) is 30.1 Å². The normalized spacial score (nSPS) is 18.2. The van der Waals surface area contributed by atoms with Crippen LogP contribution in [0.2, 0.25) is 8.67 Å². The summed E-state index contributed by atoms with van der Waals surface area (Å²) < 4.78 is 1.07. The van der Waals surface area contributed by atoms with Gasteiger partial charge in [-0.3, -0.25) is 9.69 Å². The number of rotatable bonds is 4. The summed E-state index contributed by atoms with van der Waals surface area (Å²) in [5, 5.41) is 0. The summed E-state index contributed by atoms with van der Waals surface area (Å²) in [6.45, 7) is 7.61. The Morgan fingerprint density at radius 3 is 2.39 bits per heavy atom. The molecule has 0 saturated carbocycles. The van der Waals surface area contributed by atoms with Crippen molar-refractivity contribution >= 4 is 40.3 Å². The third-order valence-corrected chi connectivity index (χ3v) is 4.72. The number of carbonyl (C=O) groups is 1. The van der Waals surface area contributed by atoms with Gasteiger partial charge in [0.25, 0.3) is 0 Å². The first-order chi connectivity index (χ1) is 8.60. The van der Waals surface area contributed by atoms with E-state index in [1.165, 1.54) is 11.3 Å². The first-order valence-corrected chi connectivity index (χ1v) is 7.60. The summed E-state index contributed by atoms with van der Waals surface area (Å²) in [4.78, 5) is 16.7. The van der Waals surface area contributed by atoms with Gasteiger partial charge in [-0.2, -0.15) is 0 Å². The molecule has 0 atom stereocenters. The number of nitrogens with zero attached hydrogens (tertiary/aromatic N) is 2. The van der Waals surface area contributed by atoms with Gasteiger partial charge in [-0.05, 0) is 12.6 Å². The van der Waals surface area contributed by atoms with E-state index >= 15 is 0 Å². The first kappa shape index (κ1) is 14.3. The molecule has 100 valence electrons. The van der Waals surface area contributed by atoms with Crippen molar-refractivity contribution in [3.63, 3.8) is 0 Å². The fraction of sp³-hybridized carbons (Fsp3) is 0.583. The third-order valence-electron chi connectivity index (χ3n) is 3.24. The van der Waals surface area contributed by atoms with E-state index < -0.39 is 0 Å². The Morgan fingerprint density at radius 1 is 1.28 bits per heavy atom. The monoisotopic (exact) mass is 306 g/mol. The zero-order valence-corrected chi connectivity index (χ0v) is 12.6. The molecule has 0 amide bonds. The lowest BCUT2D eigenvalue weighted by atomic mass is 10.2. The van der Waals surface area contributed by atoms with Crippen molar-refractivity contribution in [2.24, 2.45) is 0 Å². The molecule has 0 N–H and O–H groups in total. The predicted octanol–water partition coefficient (Wildman–Crippen LogP) is 2.88.